The SMILES string of the molecule is CNC(c1ccc(F)c(F)c1)c1c(C)cc(C)cc1F. The molecule has 0 radical (unpaired) electrons. The van der Waals surface area contributed by atoms with E-state index in [-0.39, 0.29) is 5.82 Å². The van der Waals surface area contributed by atoms with Crippen molar-refractivity contribution in [2.75, 3.05) is 7.05 Å². The number of nitrogens with one attached hydrogen (secondary N) is 1. The first-order valence-corrected chi connectivity index (χ1v) is 6.33. The van der Waals surface area contributed by atoms with Gasteiger partial charge in [-0.05, 0) is 55.8 Å². The van der Waals surface area contributed by atoms with Gasteiger partial charge in [0, 0.05) is 5.56 Å². The fourth-order valence-electron chi connectivity index (χ4n) is 2.46. The summed E-state index contributed by atoms with van der Waals surface area (Å²) in [5.41, 5.74) is 2.52. The van der Waals surface area contributed by atoms with Crippen molar-refractivity contribution in [2.24, 2.45) is 0 Å². The Kier molecular flexibility index (Phi) is 4.14. The molecule has 0 amide bonds. The third-order valence-electron chi connectivity index (χ3n) is 3.34. The van der Waals surface area contributed by atoms with Gasteiger partial charge < -0.3 is 5.32 Å². The van der Waals surface area contributed by atoms with Gasteiger partial charge in [0.1, 0.15) is 5.82 Å². The van der Waals surface area contributed by atoms with E-state index in [9.17, 15) is 13.2 Å². The minimum atomic E-state index is -0.937. The van der Waals surface area contributed by atoms with Crippen molar-refractivity contribution in [1.82, 2.24) is 5.32 Å². The van der Waals surface area contributed by atoms with Crippen molar-refractivity contribution in [3.05, 3.63) is 70.0 Å². The summed E-state index contributed by atoms with van der Waals surface area (Å²) in [6.07, 6.45) is 0. The van der Waals surface area contributed by atoms with Crippen LogP contribution in [0.15, 0.2) is 30.3 Å². The molecule has 0 aromatic heterocycles. The maximum absolute atomic E-state index is 14.2. The molecule has 2 aromatic carbocycles. The fourth-order valence-corrected chi connectivity index (χ4v) is 2.46. The average Bonchev–Trinajstić information content (AvgIpc) is 2.37. The van der Waals surface area contributed by atoms with Crippen molar-refractivity contribution < 1.29 is 13.2 Å². The van der Waals surface area contributed by atoms with E-state index in [2.05, 4.69) is 5.32 Å². The van der Waals surface area contributed by atoms with Crippen LogP contribution in [0, 0.1) is 31.3 Å². The summed E-state index contributed by atoms with van der Waals surface area (Å²) in [6.45, 7) is 3.61. The van der Waals surface area contributed by atoms with E-state index in [1.807, 2.05) is 13.0 Å². The lowest BCUT2D eigenvalue weighted by molar-refractivity contribution is 0.503. The summed E-state index contributed by atoms with van der Waals surface area (Å²) in [7, 11) is 1.66. The maximum atomic E-state index is 14.2. The van der Waals surface area contributed by atoms with E-state index in [4.69, 9.17) is 0 Å². The number of hydrogen-bond acceptors (Lipinski definition) is 1. The van der Waals surface area contributed by atoms with Gasteiger partial charge >= 0.3 is 0 Å². The molecular weight excluding hydrogens is 263 g/mol. The van der Waals surface area contributed by atoms with E-state index in [1.54, 1.807) is 14.0 Å². The Balaban J connectivity index is 2.55. The standard InChI is InChI=1S/C16H16F3N/c1-9-6-10(2)15(14(19)7-9)16(20-3)11-4-5-12(17)13(18)8-11/h4-8,16,20H,1-3H3. The Bertz CT molecular complexity index is 615. The minimum absolute atomic E-state index is 0.355. The monoisotopic (exact) mass is 279 g/mol. The number of hydrogen-bond donors (Lipinski definition) is 1. The van der Waals surface area contributed by atoms with Crippen LogP contribution in [0.25, 0.3) is 0 Å². The van der Waals surface area contributed by atoms with Gasteiger partial charge in [-0.3, -0.25) is 0 Å². The van der Waals surface area contributed by atoms with E-state index in [1.165, 1.54) is 12.1 Å². The van der Waals surface area contributed by atoms with Crippen molar-refractivity contribution in [2.45, 2.75) is 19.9 Å². The number of halogens is 3. The van der Waals surface area contributed by atoms with Gasteiger partial charge in [-0.2, -0.15) is 0 Å². The first-order valence-electron chi connectivity index (χ1n) is 6.33. The third-order valence-corrected chi connectivity index (χ3v) is 3.34. The molecule has 1 nitrogen and oxygen atoms in total. The topological polar surface area (TPSA) is 12.0 Å². The van der Waals surface area contributed by atoms with Crippen molar-refractivity contribution in [3.8, 4) is 0 Å². The summed E-state index contributed by atoms with van der Waals surface area (Å²) >= 11 is 0. The molecule has 0 aliphatic carbocycles. The van der Waals surface area contributed by atoms with E-state index < -0.39 is 17.7 Å². The molecular formula is C16H16F3N. The summed E-state index contributed by atoms with van der Waals surface area (Å²) < 4.78 is 40.6. The lowest BCUT2D eigenvalue weighted by Gasteiger charge is -2.21. The first-order chi connectivity index (χ1) is 9.43. The molecule has 2 aromatic rings. The average molecular weight is 279 g/mol. The highest BCUT2D eigenvalue weighted by Crippen LogP contribution is 2.28. The van der Waals surface area contributed by atoms with E-state index >= 15 is 0 Å². The van der Waals surface area contributed by atoms with Gasteiger partial charge in [0.15, 0.2) is 11.6 Å². The zero-order chi connectivity index (χ0) is 14.9. The van der Waals surface area contributed by atoms with Gasteiger partial charge in [0.2, 0.25) is 0 Å². The molecule has 1 N–H and O–H groups in total. The molecule has 0 saturated carbocycles. The van der Waals surface area contributed by atoms with Gasteiger partial charge in [-0.25, -0.2) is 13.2 Å². The predicted molar refractivity (Wildman–Crippen MR) is 73.1 cm³/mol. The highest BCUT2D eigenvalue weighted by atomic mass is 19.2. The Morgan fingerprint density at radius 1 is 0.900 bits per heavy atom. The van der Waals surface area contributed by atoms with Gasteiger partial charge in [0.05, 0.1) is 6.04 Å². The van der Waals surface area contributed by atoms with Crippen molar-refractivity contribution >= 4 is 0 Å². The molecule has 4 heteroatoms. The van der Waals surface area contributed by atoms with Gasteiger partial charge in [-0.15, -0.1) is 0 Å². The molecule has 0 bridgehead atoms. The van der Waals surface area contributed by atoms with Crippen LogP contribution < -0.4 is 5.32 Å². The van der Waals surface area contributed by atoms with Crippen LogP contribution >= 0.6 is 0 Å². The Morgan fingerprint density at radius 3 is 2.15 bits per heavy atom. The Labute approximate surface area is 116 Å². The lowest BCUT2D eigenvalue weighted by atomic mass is 9.93. The zero-order valence-corrected chi connectivity index (χ0v) is 11.6. The summed E-state index contributed by atoms with van der Waals surface area (Å²) in [5, 5.41) is 2.95. The zero-order valence-electron chi connectivity index (χ0n) is 11.6. The Morgan fingerprint density at radius 2 is 1.60 bits per heavy atom. The third kappa shape index (κ3) is 2.70. The molecule has 0 aliphatic heterocycles. The largest absolute Gasteiger partial charge is 0.309 e. The van der Waals surface area contributed by atoms with E-state index in [0.717, 1.165) is 23.3 Å². The summed E-state index contributed by atoms with van der Waals surface area (Å²) in [5.74, 6) is -2.20. The first kappa shape index (κ1) is 14.6. The highest BCUT2D eigenvalue weighted by molar-refractivity contribution is 5.40. The molecule has 0 aliphatic rings. The van der Waals surface area contributed by atoms with Crippen LogP contribution in [-0.4, -0.2) is 7.05 Å². The number of rotatable bonds is 3. The highest BCUT2D eigenvalue weighted by Gasteiger charge is 2.20. The molecule has 0 spiro atoms. The predicted octanol–water partition coefficient (Wildman–Crippen LogP) is 4.03. The summed E-state index contributed by atoms with van der Waals surface area (Å²) in [6, 6.07) is 6.38. The quantitative estimate of drug-likeness (QED) is 0.894. The molecule has 1 unspecified atom stereocenters. The normalized spacial score (nSPS) is 12.5. The van der Waals surface area contributed by atoms with Crippen LogP contribution in [-0.2, 0) is 0 Å². The molecule has 20 heavy (non-hydrogen) atoms. The fraction of sp³-hybridized carbons (Fsp3) is 0.250. The second kappa shape index (κ2) is 5.67. The lowest BCUT2D eigenvalue weighted by Crippen LogP contribution is -2.20. The number of benzene rings is 2. The van der Waals surface area contributed by atoms with Crippen LogP contribution in [0.1, 0.15) is 28.3 Å². The van der Waals surface area contributed by atoms with E-state index in [0.29, 0.717) is 11.1 Å². The van der Waals surface area contributed by atoms with Gasteiger partial charge in [0.25, 0.3) is 0 Å². The molecule has 2 rings (SSSR count). The molecule has 1 atom stereocenters. The second-order valence-electron chi connectivity index (χ2n) is 4.87. The van der Waals surface area contributed by atoms with Crippen LogP contribution in [0.2, 0.25) is 0 Å². The second-order valence-corrected chi connectivity index (χ2v) is 4.87. The van der Waals surface area contributed by atoms with Gasteiger partial charge in [-0.1, -0.05) is 12.1 Å². The van der Waals surface area contributed by atoms with Crippen molar-refractivity contribution in [1.29, 1.82) is 0 Å². The number of aryl methyl sites for hydroxylation is 2. The smallest absolute Gasteiger partial charge is 0.159 e. The molecule has 0 saturated heterocycles. The molecule has 0 heterocycles. The van der Waals surface area contributed by atoms with Crippen molar-refractivity contribution in [3.63, 3.8) is 0 Å². The summed E-state index contributed by atoms with van der Waals surface area (Å²) in [4.78, 5) is 0. The van der Waals surface area contributed by atoms with Crippen LogP contribution in [0.4, 0.5) is 13.2 Å². The molecule has 106 valence electrons. The minimum Gasteiger partial charge on any atom is -0.309 e. The van der Waals surface area contributed by atoms with Crippen LogP contribution in [0.3, 0.4) is 0 Å². The maximum Gasteiger partial charge on any atom is 0.159 e. The Hall–Kier alpha value is -1.81. The van der Waals surface area contributed by atoms with Crippen LogP contribution in [0.5, 0.6) is 0 Å². The molecule has 0 fully saturated rings.